The van der Waals surface area contributed by atoms with Crippen molar-refractivity contribution < 1.29 is 26.3 Å². The van der Waals surface area contributed by atoms with Gasteiger partial charge in [0, 0.05) is 11.9 Å². The molecule has 8 heteroatoms. The van der Waals surface area contributed by atoms with Crippen molar-refractivity contribution in [1.29, 1.82) is 0 Å². The van der Waals surface area contributed by atoms with Crippen LogP contribution in [-0.4, -0.2) is 4.98 Å². The number of benzene rings is 1. The fraction of sp³-hybridized carbons (Fsp3) is 0.214. The topological polar surface area (TPSA) is 24.9 Å². The highest BCUT2D eigenvalue weighted by Crippen LogP contribution is 2.32. The normalized spacial score (nSPS) is 12.3. The quantitative estimate of drug-likeness (QED) is 0.827. The second-order valence-electron chi connectivity index (χ2n) is 4.42. The molecule has 118 valence electrons. The third kappa shape index (κ3) is 3.90. The second kappa shape index (κ2) is 5.86. The maximum absolute atomic E-state index is 12.8. The monoisotopic (exact) mass is 320 g/mol. The molecule has 1 heterocycles. The molecule has 2 nitrogen and oxygen atoms in total. The number of anilines is 1. The molecule has 0 fully saturated rings. The van der Waals surface area contributed by atoms with Gasteiger partial charge in [0.2, 0.25) is 0 Å². The number of alkyl halides is 6. The van der Waals surface area contributed by atoms with Crippen LogP contribution in [0.5, 0.6) is 0 Å². The molecule has 0 spiro atoms. The van der Waals surface area contributed by atoms with Gasteiger partial charge in [-0.3, -0.25) is 4.98 Å². The third-order valence-electron chi connectivity index (χ3n) is 2.87. The van der Waals surface area contributed by atoms with Crippen molar-refractivity contribution in [1.82, 2.24) is 4.98 Å². The van der Waals surface area contributed by atoms with E-state index in [0.29, 0.717) is 0 Å². The Balaban J connectivity index is 2.11. The number of hydrogen-bond acceptors (Lipinski definition) is 2. The van der Waals surface area contributed by atoms with Gasteiger partial charge in [-0.15, -0.1) is 0 Å². The number of halogens is 6. The van der Waals surface area contributed by atoms with Gasteiger partial charge in [0.15, 0.2) is 0 Å². The first-order chi connectivity index (χ1) is 10.2. The maximum Gasteiger partial charge on any atom is 0.418 e. The lowest BCUT2D eigenvalue weighted by Gasteiger charge is -2.13. The fourth-order valence-electron chi connectivity index (χ4n) is 1.80. The Morgan fingerprint density at radius 2 is 1.50 bits per heavy atom. The van der Waals surface area contributed by atoms with Gasteiger partial charge in [0.05, 0.1) is 23.4 Å². The van der Waals surface area contributed by atoms with Crippen LogP contribution in [-0.2, 0) is 18.9 Å². The predicted octanol–water partition coefficient (Wildman–Crippen LogP) is 4.73. The van der Waals surface area contributed by atoms with E-state index in [4.69, 9.17) is 0 Å². The molecule has 1 aromatic heterocycles. The molecule has 0 aliphatic rings. The van der Waals surface area contributed by atoms with Crippen molar-refractivity contribution in [2.75, 3.05) is 5.32 Å². The van der Waals surface area contributed by atoms with Crippen molar-refractivity contribution in [3.8, 4) is 0 Å². The molecule has 1 N–H and O–H groups in total. The van der Waals surface area contributed by atoms with Gasteiger partial charge in [-0.25, -0.2) is 0 Å². The smallest absolute Gasteiger partial charge is 0.379 e. The zero-order valence-electron chi connectivity index (χ0n) is 11.0. The van der Waals surface area contributed by atoms with E-state index in [9.17, 15) is 26.3 Å². The molecule has 0 atom stereocenters. The van der Waals surface area contributed by atoms with E-state index in [1.165, 1.54) is 12.3 Å². The first-order valence-corrected chi connectivity index (χ1v) is 6.10. The van der Waals surface area contributed by atoms with Crippen molar-refractivity contribution in [3.63, 3.8) is 0 Å². The highest BCUT2D eigenvalue weighted by molar-refractivity contribution is 5.45. The number of hydrogen-bond donors (Lipinski definition) is 1. The molecule has 0 amide bonds. The number of nitrogens with one attached hydrogen (secondary N) is 1. The maximum atomic E-state index is 12.8. The summed E-state index contributed by atoms with van der Waals surface area (Å²) in [6, 6.07) is 6.08. The van der Waals surface area contributed by atoms with E-state index in [2.05, 4.69) is 10.3 Å². The summed E-state index contributed by atoms with van der Waals surface area (Å²) in [5, 5.41) is 2.62. The SMILES string of the molecule is FC(F)(F)c1ccc(NCc2ncccc2C(F)(F)F)cc1. The van der Waals surface area contributed by atoms with Crippen LogP contribution < -0.4 is 5.32 Å². The number of pyridine rings is 1. The minimum atomic E-state index is -4.54. The van der Waals surface area contributed by atoms with Crippen molar-refractivity contribution in [2.45, 2.75) is 18.9 Å². The molecule has 0 radical (unpaired) electrons. The van der Waals surface area contributed by atoms with E-state index in [1.807, 2.05) is 0 Å². The van der Waals surface area contributed by atoms with Crippen LogP contribution in [0.15, 0.2) is 42.6 Å². The number of aromatic nitrogens is 1. The molecule has 0 aliphatic heterocycles. The van der Waals surface area contributed by atoms with Crippen LogP contribution in [0.2, 0.25) is 0 Å². The van der Waals surface area contributed by atoms with Crippen LogP contribution in [0.25, 0.3) is 0 Å². The largest absolute Gasteiger partial charge is 0.418 e. The predicted molar refractivity (Wildman–Crippen MR) is 68.0 cm³/mol. The summed E-state index contributed by atoms with van der Waals surface area (Å²) >= 11 is 0. The van der Waals surface area contributed by atoms with E-state index in [0.717, 1.165) is 30.3 Å². The Labute approximate surface area is 121 Å². The standard InChI is InChI=1S/C14H10F6N2/c15-13(16,17)9-3-5-10(6-4-9)22-8-12-11(14(18,19)20)2-1-7-21-12/h1-7,22H,8H2. The lowest BCUT2D eigenvalue weighted by Crippen LogP contribution is -2.13. The number of nitrogens with zero attached hydrogens (tertiary/aromatic N) is 1. The highest BCUT2D eigenvalue weighted by Gasteiger charge is 2.33. The van der Waals surface area contributed by atoms with Crippen LogP contribution >= 0.6 is 0 Å². The van der Waals surface area contributed by atoms with Gasteiger partial charge in [0.25, 0.3) is 0 Å². The Hall–Kier alpha value is -2.25. The lowest BCUT2D eigenvalue weighted by molar-refractivity contribution is -0.139. The van der Waals surface area contributed by atoms with Crippen LogP contribution in [0.4, 0.5) is 32.0 Å². The fourth-order valence-corrected chi connectivity index (χ4v) is 1.80. The zero-order chi connectivity index (χ0) is 16.4. The Morgan fingerprint density at radius 1 is 0.864 bits per heavy atom. The summed E-state index contributed by atoms with van der Waals surface area (Å²) in [5.41, 5.74) is -1.66. The molecular weight excluding hydrogens is 310 g/mol. The Morgan fingerprint density at radius 3 is 2.05 bits per heavy atom. The molecular formula is C14H10F6N2. The van der Waals surface area contributed by atoms with Gasteiger partial charge in [0.1, 0.15) is 0 Å². The molecule has 2 aromatic rings. The van der Waals surface area contributed by atoms with Gasteiger partial charge in [-0.1, -0.05) is 0 Å². The first kappa shape index (κ1) is 16.1. The van der Waals surface area contributed by atoms with E-state index < -0.39 is 23.5 Å². The molecule has 0 aliphatic carbocycles. The van der Waals surface area contributed by atoms with Crippen LogP contribution in [0.1, 0.15) is 16.8 Å². The minimum absolute atomic E-state index is 0.227. The second-order valence-corrected chi connectivity index (χ2v) is 4.42. The first-order valence-electron chi connectivity index (χ1n) is 6.10. The summed E-state index contributed by atoms with van der Waals surface area (Å²) < 4.78 is 75.5. The van der Waals surface area contributed by atoms with E-state index in [-0.39, 0.29) is 17.9 Å². The lowest BCUT2D eigenvalue weighted by atomic mass is 10.1. The molecule has 0 saturated carbocycles. The average molecular weight is 320 g/mol. The van der Waals surface area contributed by atoms with Crippen molar-refractivity contribution >= 4 is 5.69 Å². The van der Waals surface area contributed by atoms with Crippen LogP contribution in [0, 0.1) is 0 Å². The molecule has 22 heavy (non-hydrogen) atoms. The van der Waals surface area contributed by atoms with Gasteiger partial charge < -0.3 is 5.32 Å². The van der Waals surface area contributed by atoms with Crippen LogP contribution in [0.3, 0.4) is 0 Å². The van der Waals surface area contributed by atoms with Crippen molar-refractivity contribution in [3.05, 3.63) is 59.4 Å². The summed E-state index contributed by atoms with van der Waals surface area (Å²) in [4.78, 5) is 3.65. The molecule has 2 rings (SSSR count). The molecule has 0 saturated heterocycles. The summed E-state index contributed by atoms with van der Waals surface area (Å²) in [5.74, 6) is 0. The molecule has 1 aromatic carbocycles. The summed E-state index contributed by atoms with van der Waals surface area (Å²) in [7, 11) is 0. The highest BCUT2D eigenvalue weighted by atomic mass is 19.4. The van der Waals surface area contributed by atoms with Crippen molar-refractivity contribution in [2.24, 2.45) is 0 Å². The summed E-state index contributed by atoms with van der Waals surface area (Å²) in [6.07, 6.45) is -7.77. The van der Waals surface area contributed by atoms with E-state index in [1.54, 1.807) is 0 Å². The van der Waals surface area contributed by atoms with E-state index >= 15 is 0 Å². The van der Waals surface area contributed by atoms with Gasteiger partial charge in [-0.05, 0) is 36.4 Å². The van der Waals surface area contributed by atoms with Gasteiger partial charge >= 0.3 is 12.4 Å². The number of rotatable bonds is 3. The average Bonchev–Trinajstić information content (AvgIpc) is 2.44. The molecule has 0 bridgehead atoms. The molecule has 0 unspecified atom stereocenters. The third-order valence-corrected chi connectivity index (χ3v) is 2.87. The Bertz CT molecular complexity index is 631. The minimum Gasteiger partial charge on any atom is -0.379 e. The Kier molecular flexibility index (Phi) is 4.30. The summed E-state index contributed by atoms with van der Waals surface area (Å²) in [6.45, 7) is -0.249. The van der Waals surface area contributed by atoms with Gasteiger partial charge in [-0.2, -0.15) is 26.3 Å². The zero-order valence-corrected chi connectivity index (χ0v) is 11.0.